The molecule has 204 valence electrons. The van der Waals surface area contributed by atoms with Crippen LogP contribution in [0.25, 0.3) is 0 Å². The van der Waals surface area contributed by atoms with Gasteiger partial charge in [-0.05, 0) is 56.2 Å². The molecule has 2 N–H and O–H groups in total. The third-order valence-electron chi connectivity index (χ3n) is 9.20. The molecular weight excluding hydrogens is 472 g/mol. The van der Waals surface area contributed by atoms with E-state index >= 15 is 0 Å². The van der Waals surface area contributed by atoms with E-state index < -0.39 is 11.4 Å². The molecule has 2 aliphatic heterocycles. The van der Waals surface area contributed by atoms with Gasteiger partial charge in [-0.2, -0.15) is 0 Å². The third kappa shape index (κ3) is 4.34. The minimum atomic E-state index is -0.784. The van der Waals surface area contributed by atoms with Crippen LogP contribution in [0.2, 0.25) is 0 Å². The highest BCUT2D eigenvalue weighted by Crippen LogP contribution is 2.63. The lowest BCUT2D eigenvalue weighted by molar-refractivity contribution is -0.271. The Morgan fingerprint density at radius 2 is 1.97 bits per heavy atom. The molecule has 5 aliphatic rings. The van der Waals surface area contributed by atoms with Gasteiger partial charge in [0.05, 0.1) is 37.9 Å². The SMILES string of the molecule is CCCCOc1ccc2c3c1O[C@@H]1C3[C@@](OCCC(N)=O)(CCC13OCCO3)[C@H](N(CC)CC1CC1)C2. The highest BCUT2D eigenvalue weighted by Gasteiger charge is 2.69. The number of nitrogens with two attached hydrogens (primary N) is 1. The second kappa shape index (κ2) is 10.0. The zero-order valence-corrected chi connectivity index (χ0v) is 22.3. The molecule has 6 rings (SSSR count). The van der Waals surface area contributed by atoms with Crippen LogP contribution < -0.4 is 15.2 Å². The Hall–Kier alpha value is -1.87. The zero-order valence-electron chi connectivity index (χ0n) is 22.3. The quantitative estimate of drug-likeness (QED) is 0.427. The molecule has 3 aliphatic carbocycles. The summed E-state index contributed by atoms with van der Waals surface area (Å²) < 4.78 is 32.7. The molecule has 8 heteroatoms. The lowest BCUT2D eigenvalue weighted by Crippen LogP contribution is -2.68. The minimum Gasteiger partial charge on any atom is -0.490 e. The molecule has 37 heavy (non-hydrogen) atoms. The van der Waals surface area contributed by atoms with E-state index in [0.717, 1.165) is 56.2 Å². The molecule has 1 unspecified atom stereocenters. The topological polar surface area (TPSA) is 92.5 Å². The Morgan fingerprint density at radius 3 is 2.68 bits per heavy atom. The van der Waals surface area contributed by atoms with Gasteiger partial charge < -0.3 is 29.4 Å². The molecule has 0 bridgehead atoms. The van der Waals surface area contributed by atoms with Gasteiger partial charge in [-0.15, -0.1) is 0 Å². The smallest absolute Gasteiger partial charge is 0.219 e. The number of carbonyl (C=O) groups excluding carboxylic acids is 1. The number of unbranched alkanes of at least 4 members (excludes halogenated alkanes) is 1. The number of carbonyl (C=O) groups is 1. The maximum atomic E-state index is 11.7. The van der Waals surface area contributed by atoms with Gasteiger partial charge in [-0.3, -0.25) is 9.69 Å². The Kier molecular flexibility index (Phi) is 6.88. The van der Waals surface area contributed by atoms with Gasteiger partial charge in [0.25, 0.3) is 0 Å². The summed E-state index contributed by atoms with van der Waals surface area (Å²) in [5, 5.41) is 0. The molecule has 1 amide bonds. The Morgan fingerprint density at radius 1 is 1.16 bits per heavy atom. The van der Waals surface area contributed by atoms with Crippen LogP contribution in [0.4, 0.5) is 0 Å². The van der Waals surface area contributed by atoms with Gasteiger partial charge in [-0.25, -0.2) is 0 Å². The average molecular weight is 515 g/mol. The number of primary amides is 1. The van der Waals surface area contributed by atoms with E-state index in [-0.39, 0.29) is 30.4 Å². The van der Waals surface area contributed by atoms with Gasteiger partial charge in [0.1, 0.15) is 0 Å². The third-order valence-corrected chi connectivity index (χ3v) is 9.20. The maximum absolute atomic E-state index is 11.7. The van der Waals surface area contributed by atoms with E-state index in [2.05, 4.69) is 30.9 Å². The fraction of sp³-hybridized carbons (Fsp3) is 0.759. The number of hydrogen-bond acceptors (Lipinski definition) is 7. The van der Waals surface area contributed by atoms with Crippen LogP contribution in [0, 0.1) is 5.92 Å². The van der Waals surface area contributed by atoms with Crippen molar-refractivity contribution in [2.45, 2.75) is 94.7 Å². The van der Waals surface area contributed by atoms with Crippen molar-refractivity contribution in [3.8, 4) is 11.5 Å². The lowest BCUT2D eigenvalue weighted by atomic mass is 9.60. The first kappa shape index (κ1) is 25.4. The highest BCUT2D eigenvalue weighted by molar-refractivity contribution is 5.73. The van der Waals surface area contributed by atoms with Crippen molar-refractivity contribution in [2.75, 3.05) is 39.5 Å². The van der Waals surface area contributed by atoms with Crippen LogP contribution in [0.3, 0.4) is 0 Å². The van der Waals surface area contributed by atoms with E-state index in [9.17, 15) is 4.79 Å². The second-order valence-electron chi connectivity index (χ2n) is 11.5. The molecule has 8 nitrogen and oxygen atoms in total. The fourth-order valence-electron chi connectivity index (χ4n) is 7.24. The van der Waals surface area contributed by atoms with Gasteiger partial charge in [0.15, 0.2) is 17.6 Å². The first-order valence-corrected chi connectivity index (χ1v) is 14.4. The zero-order chi connectivity index (χ0) is 25.6. The summed E-state index contributed by atoms with van der Waals surface area (Å²) in [7, 11) is 0. The molecular formula is C29H42N2O6. The van der Waals surface area contributed by atoms with Crippen molar-refractivity contribution < 1.29 is 28.5 Å². The number of rotatable bonds is 12. The summed E-state index contributed by atoms with van der Waals surface area (Å²) in [5.41, 5.74) is 7.51. The molecule has 2 saturated carbocycles. The average Bonchev–Trinajstić information content (AvgIpc) is 3.41. The van der Waals surface area contributed by atoms with E-state index in [0.29, 0.717) is 32.8 Å². The van der Waals surface area contributed by atoms with Gasteiger partial charge in [0, 0.05) is 31.0 Å². The standard InChI is InChI=1S/C29H42N2O6/c1-3-5-13-33-21-9-8-20-17-22(31(4-2)18-19-6-7-19)28(34-14-10-23(30)32)11-12-29(35-15-16-36-29)27-25(28)24(20)26(21)37-27/h8-9,19,22,25,27H,3-7,10-18H2,1-2H3,(H2,30,32)/t22-,25?,27-,28-/m1/s1. The minimum absolute atomic E-state index is 0.0704. The first-order valence-electron chi connectivity index (χ1n) is 14.4. The predicted molar refractivity (Wildman–Crippen MR) is 138 cm³/mol. The lowest BCUT2D eigenvalue weighted by Gasteiger charge is -2.57. The van der Waals surface area contributed by atoms with E-state index in [1.807, 2.05) is 0 Å². The first-order chi connectivity index (χ1) is 18.0. The Balaban J connectivity index is 1.45. The Bertz CT molecular complexity index is 1010. The molecule has 3 fully saturated rings. The van der Waals surface area contributed by atoms with E-state index in [1.165, 1.54) is 24.0 Å². The normalized spacial score (nSPS) is 30.9. The van der Waals surface area contributed by atoms with Crippen molar-refractivity contribution >= 4 is 5.91 Å². The molecule has 0 aromatic heterocycles. The van der Waals surface area contributed by atoms with Gasteiger partial charge >= 0.3 is 0 Å². The molecule has 1 spiro atoms. The van der Waals surface area contributed by atoms with E-state index in [4.69, 9.17) is 29.4 Å². The number of likely N-dealkylation sites (N-methyl/N-ethyl adjacent to an activating group) is 1. The monoisotopic (exact) mass is 514 g/mol. The molecule has 4 atom stereocenters. The van der Waals surface area contributed by atoms with E-state index in [1.54, 1.807) is 0 Å². The highest BCUT2D eigenvalue weighted by atomic mass is 16.8. The van der Waals surface area contributed by atoms with Crippen LogP contribution >= 0.6 is 0 Å². The number of fused-ring (bicyclic) bond motifs is 1. The van der Waals surface area contributed by atoms with Crippen molar-refractivity contribution in [3.05, 3.63) is 23.3 Å². The molecule has 1 aromatic rings. The van der Waals surface area contributed by atoms with Crippen molar-refractivity contribution in [2.24, 2.45) is 11.7 Å². The summed E-state index contributed by atoms with van der Waals surface area (Å²) >= 11 is 0. The van der Waals surface area contributed by atoms with Crippen LogP contribution in [-0.2, 0) is 25.4 Å². The van der Waals surface area contributed by atoms with Crippen molar-refractivity contribution in [1.82, 2.24) is 4.90 Å². The fourth-order valence-corrected chi connectivity index (χ4v) is 7.24. The second-order valence-corrected chi connectivity index (χ2v) is 11.5. The van der Waals surface area contributed by atoms with Crippen LogP contribution in [0.15, 0.2) is 12.1 Å². The van der Waals surface area contributed by atoms with Crippen LogP contribution in [0.5, 0.6) is 11.5 Å². The molecule has 2 heterocycles. The number of benzene rings is 1. The number of ether oxygens (including phenoxy) is 5. The van der Waals surface area contributed by atoms with Crippen molar-refractivity contribution in [3.63, 3.8) is 0 Å². The predicted octanol–water partition coefficient (Wildman–Crippen LogP) is 3.53. The van der Waals surface area contributed by atoms with Gasteiger partial charge in [0.2, 0.25) is 11.7 Å². The summed E-state index contributed by atoms with van der Waals surface area (Å²) in [6.45, 7) is 8.56. The largest absolute Gasteiger partial charge is 0.490 e. The summed E-state index contributed by atoms with van der Waals surface area (Å²) in [4.78, 5) is 14.3. The van der Waals surface area contributed by atoms with Gasteiger partial charge in [-0.1, -0.05) is 26.3 Å². The number of nitrogens with zero attached hydrogens (tertiary/aromatic N) is 1. The maximum Gasteiger partial charge on any atom is 0.219 e. The molecule has 1 saturated heterocycles. The number of amides is 1. The van der Waals surface area contributed by atoms with Crippen LogP contribution in [-0.4, -0.2) is 73.9 Å². The molecule has 1 aromatic carbocycles. The summed E-state index contributed by atoms with van der Waals surface area (Å²) in [5.74, 6) is 1.20. The molecule has 0 radical (unpaired) electrons. The Labute approximate surface area is 220 Å². The van der Waals surface area contributed by atoms with Crippen molar-refractivity contribution in [1.29, 1.82) is 0 Å². The number of hydrogen-bond donors (Lipinski definition) is 1. The van der Waals surface area contributed by atoms with Crippen LogP contribution in [0.1, 0.15) is 75.8 Å². The summed E-state index contributed by atoms with van der Waals surface area (Å²) in [6, 6.07) is 4.49. The summed E-state index contributed by atoms with van der Waals surface area (Å²) in [6.07, 6.45) is 6.91.